The van der Waals surface area contributed by atoms with Crippen molar-refractivity contribution in [3.8, 4) is 0 Å². The van der Waals surface area contributed by atoms with Crippen LogP contribution in [-0.4, -0.2) is 25.5 Å². The van der Waals surface area contributed by atoms with E-state index in [-0.39, 0.29) is 10.6 Å². The summed E-state index contributed by atoms with van der Waals surface area (Å²) in [6, 6.07) is 7.36. The van der Waals surface area contributed by atoms with Gasteiger partial charge in [0.15, 0.2) is 15.4 Å². The minimum absolute atomic E-state index is 0.300. The van der Waals surface area contributed by atoms with Crippen molar-refractivity contribution >= 4 is 26.9 Å². The first-order chi connectivity index (χ1) is 10.8. The average Bonchev–Trinajstić information content (AvgIpc) is 3.04. The van der Waals surface area contributed by atoms with Gasteiger partial charge in [0.05, 0.1) is 10.6 Å². The lowest BCUT2D eigenvalue weighted by Gasteiger charge is -2.21. The maximum Gasteiger partial charge on any atom is 0.185 e. The van der Waals surface area contributed by atoms with Crippen molar-refractivity contribution in [1.82, 2.24) is 0 Å². The third kappa shape index (κ3) is 3.16. The van der Waals surface area contributed by atoms with Crippen LogP contribution in [0.15, 0.2) is 45.8 Å². The molecule has 0 radical (unpaired) electrons. The van der Waals surface area contributed by atoms with E-state index in [2.05, 4.69) is 5.16 Å². The van der Waals surface area contributed by atoms with E-state index < -0.39 is 21.3 Å². The normalized spacial score (nSPS) is 21.1. The summed E-state index contributed by atoms with van der Waals surface area (Å²) in [5.74, 6) is -1.07. The Morgan fingerprint density at radius 3 is 2.74 bits per heavy atom. The first-order valence-electron chi connectivity index (χ1n) is 7.08. The molecule has 122 valence electrons. The van der Waals surface area contributed by atoms with Gasteiger partial charge in [-0.1, -0.05) is 17.3 Å². The molecular formula is C16H16FNO3S2. The van der Waals surface area contributed by atoms with Crippen LogP contribution in [0.5, 0.6) is 0 Å². The van der Waals surface area contributed by atoms with Gasteiger partial charge in [0, 0.05) is 6.42 Å². The smallest absolute Gasteiger partial charge is 0.185 e. The fourth-order valence-electron chi connectivity index (χ4n) is 2.63. The molecule has 3 rings (SSSR count). The molecule has 0 saturated heterocycles. The SMILES string of the molecule is Cc1ccsc1C1=NOC(C)(CS(=O)(=O)c2ccccc2F)C1. The minimum atomic E-state index is -3.81. The van der Waals surface area contributed by atoms with E-state index in [0.717, 1.165) is 22.2 Å². The molecule has 0 N–H and O–H groups in total. The molecule has 0 aliphatic carbocycles. The van der Waals surface area contributed by atoms with Crippen molar-refractivity contribution in [2.45, 2.75) is 30.8 Å². The summed E-state index contributed by atoms with van der Waals surface area (Å²) in [5, 5.41) is 6.02. The van der Waals surface area contributed by atoms with Crippen molar-refractivity contribution in [2.75, 3.05) is 5.75 Å². The number of oxime groups is 1. The highest BCUT2D eigenvalue weighted by Gasteiger charge is 2.41. The van der Waals surface area contributed by atoms with Gasteiger partial charge >= 0.3 is 0 Å². The highest BCUT2D eigenvalue weighted by molar-refractivity contribution is 7.91. The molecule has 2 aromatic rings. The maximum atomic E-state index is 13.8. The second-order valence-corrected chi connectivity index (χ2v) is 8.75. The summed E-state index contributed by atoms with van der Waals surface area (Å²) in [5.41, 5.74) is 0.828. The van der Waals surface area contributed by atoms with Crippen LogP contribution in [-0.2, 0) is 14.7 Å². The molecule has 0 fully saturated rings. The van der Waals surface area contributed by atoms with Gasteiger partial charge in [-0.25, -0.2) is 12.8 Å². The van der Waals surface area contributed by atoms with Crippen molar-refractivity contribution in [2.24, 2.45) is 5.16 Å². The van der Waals surface area contributed by atoms with Crippen LogP contribution in [0.2, 0.25) is 0 Å². The quantitative estimate of drug-likeness (QED) is 0.845. The zero-order valence-electron chi connectivity index (χ0n) is 12.7. The van der Waals surface area contributed by atoms with Crippen LogP contribution in [0.3, 0.4) is 0 Å². The first kappa shape index (κ1) is 16.1. The first-order valence-corrected chi connectivity index (χ1v) is 9.61. The van der Waals surface area contributed by atoms with E-state index in [1.54, 1.807) is 18.3 Å². The van der Waals surface area contributed by atoms with E-state index in [4.69, 9.17) is 4.84 Å². The van der Waals surface area contributed by atoms with Gasteiger partial charge in [-0.05, 0) is 43.0 Å². The zero-order valence-corrected chi connectivity index (χ0v) is 14.4. The predicted molar refractivity (Wildman–Crippen MR) is 88.2 cm³/mol. The Hall–Kier alpha value is -1.73. The molecule has 1 aliphatic heterocycles. The lowest BCUT2D eigenvalue weighted by atomic mass is 10.0. The van der Waals surface area contributed by atoms with Crippen molar-refractivity contribution in [1.29, 1.82) is 0 Å². The second-order valence-electron chi connectivity index (χ2n) is 5.88. The zero-order chi connectivity index (χ0) is 16.7. The van der Waals surface area contributed by atoms with Crippen molar-refractivity contribution in [3.05, 3.63) is 52.0 Å². The topological polar surface area (TPSA) is 55.7 Å². The fraction of sp³-hybridized carbons (Fsp3) is 0.312. The third-order valence-electron chi connectivity index (χ3n) is 3.71. The van der Waals surface area contributed by atoms with E-state index in [1.807, 2.05) is 18.4 Å². The molecule has 7 heteroatoms. The Balaban J connectivity index is 1.82. The van der Waals surface area contributed by atoms with Gasteiger partial charge in [-0.15, -0.1) is 11.3 Å². The molecule has 0 spiro atoms. The Kier molecular flexibility index (Phi) is 4.01. The van der Waals surface area contributed by atoms with Crippen LogP contribution >= 0.6 is 11.3 Å². The summed E-state index contributed by atoms with van der Waals surface area (Å²) < 4.78 is 38.8. The minimum Gasteiger partial charge on any atom is -0.388 e. The van der Waals surface area contributed by atoms with E-state index >= 15 is 0 Å². The van der Waals surface area contributed by atoms with Gasteiger partial charge in [-0.2, -0.15) is 0 Å². The highest BCUT2D eigenvalue weighted by atomic mass is 32.2. The van der Waals surface area contributed by atoms with Gasteiger partial charge in [0.1, 0.15) is 16.4 Å². The third-order valence-corrected chi connectivity index (χ3v) is 6.77. The van der Waals surface area contributed by atoms with Gasteiger partial charge in [-0.3, -0.25) is 0 Å². The maximum absolute atomic E-state index is 13.8. The molecule has 1 aromatic carbocycles. The number of rotatable bonds is 4. The highest BCUT2D eigenvalue weighted by Crippen LogP contribution is 2.32. The lowest BCUT2D eigenvalue weighted by molar-refractivity contribution is 0.0150. The van der Waals surface area contributed by atoms with Crippen LogP contribution in [0.1, 0.15) is 23.8 Å². The van der Waals surface area contributed by atoms with Crippen LogP contribution < -0.4 is 0 Å². The molecule has 1 unspecified atom stereocenters. The Morgan fingerprint density at radius 1 is 1.35 bits per heavy atom. The number of hydrogen-bond donors (Lipinski definition) is 0. The monoisotopic (exact) mass is 353 g/mol. The van der Waals surface area contributed by atoms with Gasteiger partial charge < -0.3 is 4.84 Å². The Bertz CT molecular complexity index is 873. The summed E-state index contributed by atoms with van der Waals surface area (Å²) in [7, 11) is -3.81. The number of halogens is 1. The second kappa shape index (κ2) is 5.72. The average molecular weight is 353 g/mol. The molecule has 1 atom stereocenters. The predicted octanol–water partition coefficient (Wildman–Crippen LogP) is 3.55. The summed E-state index contributed by atoms with van der Waals surface area (Å²) >= 11 is 1.54. The van der Waals surface area contributed by atoms with Crippen LogP contribution in [0, 0.1) is 12.7 Å². The fourth-order valence-corrected chi connectivity index (χ4v) is 5.30. The van der Waals surface area contributed by atoms with E-state index in [0.29, 0.717) is 6.42 Å². The number of nitrogens with zero attached hydrogens (tertiary/aromatic N) is 1. The number of aryl methyl sites for hydroxylation is 1. The summed E-state index contributed by atoms with van der Waals surface area (Å²) in [4.78, 5) is 6.12. The molecule has 0 saturated carbocycles. The Morgan fingerprint density at radius 2 is 2.09 bits per heavy atom. The van der Waals surface area contributed by atoms with Gasteiger partial charge in [0.2, 0.25) is 0 Å². The number of thiophene rings is 1. The molecule has 2 heterocycles. The summed E-state index contributed by atoms with van der Waals surface area (Å²) in [6.45, 7) is 3.66. The molecule has 0 bridgehead atoms. The van der Waals surface area contributed by atoms with Crippen LogP contribution in [0.25, 0.3) is 0 Å². The van der Waals surface area contributed by atoms with Gasteiger partial charge in [0.25, 0.3) is 0 Å². The standard InChI is InChI=1S/C16H16FNO3S2/c1-11-7-8-22-15(11)13-9-16(2,21-18-13)10-23(19,20)14-6-4-3-5-12(14)17/h3-8H,9-10H2,1-2H3. The van der Waals surface area contributed by atoms with E-state index in [9.17, 15) is 12.8 Å². The number of hydrogen-bond acceptors (Lipinski definition) is 5. The largest absolute Gasteiger partial charge is 0.388 e. The number of benzene rings is 1. The molecule has 1 aliphatic rings. The molecule has 0 amide bonds. The molecule has 4 nitrogen and oxygen atoms in total. The molecular weight excluding hydrogens is 337 g/mol. The Labute approximate surface area is 138 Å². The molecule has 23 heavy (non-hydrogen) atoms. The summed E-state index contributed by atoms with van der Waals surface area (Å²) in [6.07, 6.45) is 0.377. The van der Waals surface area contributed by atoms with Crippen molar-refractivity contribution < 1.29 is 17.6 Å². The number of sulfone groups is 1. The lowest BCUT2D eigenvalue weighted by Crippen LogP contribution is -2.34. The van der Waals surface area contributed by atoms with E-state index in [1.165, 1.54) is 18.2 Å². The van der Waals surface area contributed by atoms with Crippen LogP contribution in [0.4, 0.5) is 4.39 Å². The molecule has 1 aromatic heterocycles. The van der Waals surface area contributed by atoms with Crippen molar-refractivity contribution in [3.63, 3.8) is 0 Å².